The van der Waals surface area contributed by atoms with E-state index in [0.717, 1.165) is 43.4 Å². The van der Waals surface area contributed by atoms with Crippen molar-refractivity contribution in [2.24, 2.45) is 5.92 Å². The predicted molar refractivity (Wildman–Crippen MR) is 144 cm³/mol. The normalized spacial score (nSPS) is 18.6. The highest BCUT2D eigenvalue weighted by Gasteiger charge is 2.33. The molecule has 1 aromatic heterocycles. The van der Waals surface area contributed by atoms with Crippen molar-refractivity contribution in [1.29, 1.82) is 5.41 Å². The zero-order valence-corrected chi connectivity index (χ0v) is 21.6. The lowest BCUT2D eigenvalue weighted by Gasteiger charge is -2.33. The van der Waals surface area contributed by atoms with Crippen LogP contribution in [0.15, 0.2) is 61.3 Å². The molecular weight excluding hydrogens is 472 g/mol. The molecule has 1 saturated heterocycles. The molecule has 0 saturated carbocycles. The van der Waals surface area contributed by atoms with Gasteiger partial charge in [-0.3, -0.25) is 4.79 Å². The number of imidazole rings is 1. The van der Waals surface area contributed by atoms with Crippen molar-refractivity contribution < 1.29 is 13.2 Å². The summed E-state index contributed by atoms with van der Waals surface area (Å²) in [4.78, 5) is 20.5. The van der Waals surface area contributed by atoms with Crippen LogP contribution in [0.25, 0.3) is 11.1 Å². The Hall–Kier alpha value is -3.10. The molecule has 2 N–H and O–H groups in total. The summed E-state index contributed by atoms with van der Waals surface area (Å²) in [7, 11) is -3.36. The van der Waals surface area contributed by atoms with E-state index < -0.39 is 15.3 Å². The van der Waals surface area contributed by atoms with Gasteiger partial charge in [0, 0.05) is 36.1 Å². The summed E-state index contributed by atoms with van der Waals surface area (Å²) < 4.78 is 27.7. The van der Waals surface area contributed by atoms with Crippen LogP contribution in [0.1, 0.15) is 56.1 Å². The molecule has 0 radical (unpaired) electrons. The van der Waals surface area contributed by atoms with Gasteiger partial charge in [-0.25, -0.2) is 17.7 Å². The second-order valence-corrected chi connectivity index (χ2v) is 11.7. The van der Waals surface area contributed by atoms with Crippen molar-refractivity contribution in [1.82, 2.24) is 14.3 Å². The minimum atomic E-state index is -3.36. The number of carbonyl (C=O) groups is 1. The monoisotopic (exact) mass is 506 g/mol. The maximum Gasteiger partial charge on any atom is 0.220 e. The molecule has 0 spiro atoms. The summed E-state index contributed by atoms with van der Waals surface area (Å²) in [6, 6.07) is 9.35. The first kappa shape index (κ1) is 26.0. The molecule has 8 heteroatoms. The first-order chi connectivity index (χ1) is 17.3. The Morgan fingerprint density at radius 1 is 1.19 bits per heavy atom. The number of allylic oxidation sites excluding steroid dienone is 4. The Morgan fingerprint density at radius 2 is 1.92 bits per heavy atom. The second kappa shape index (κ2) is 11.3. The zero-order chi connectivity index (χ0) is 25.7. The maximum absolute atomic E-state index is 13.0. The molecular formula is C28H34N4O3S. The van der Waals surface area contributed by atoms with Crippen LogP contribution in [0.2, 0.25) is 0 Å². The van der Waals surface area contributed by atoms with Gasteiger partial charge in [0.05, 0.1) is 11.0 Å². The fourth-order valence-electron chi connectivity index (χ4n) is 4.88. The number of H-pyrrole nitrogens is 1. The number of ketones is 1. The van der Waals surface area contributed by atoms with Gasteiger partial charge in [0.1, 0.15) is 5.82 Å². The minimum Gasteiger partial charge on any atom is -0.342 e. The number of unbranched alkanes of at least 4 members (excludes halogenated alkanes) is 1. The zero-order valence-electron chi connectivity index (χ0n) is 20.7. The molecule has 4 rings (SSSR count). The smallest absolute Gasteiger partial charge is 0.220 e. The second-order valence-electron chi connectivity index (χ2n) is 9.52. The quantitative estimate of drug-likeness (QED) is 0.356. The average molecular weight is 507 g/mol. The summed E-state index contributed by atoms with van der Waals surface area (Å²) >= 11 is 0. The molecule has 190 valence electrons. The number of nitrogens with one attached hydrogen (secondary N) is 2. The van der Waals surface area contributed by atoms with E-state index >= 15 is 0 Å². The van der Waals surface area contributed by atoms with E-state index in [0.29, 0.717) is 42.4 Å². The molecule has 1 aliphatic carbocycles. The van der Waals surface area contributed by atoms with Crippen molar-refractivity contribution in [3.63, 3.8) is 0 Å². The van der Waals surface area contributed by atoms with Crippen LogP contribution in [0.3, 0.4) is 0 Å². The highest BCUT2D eigenvalue weighted by Crippen LogP contribution is 2.28. The number of rotatable bonds is 10. The number of sulfonamides is 1. The third-order valence-electron chi connectivity index (χ3n) is 7.02. The summed E-state index contributed by atoms with van der Waals surface area (Å²) in [6.07, 6.45) is 11.2. The Bertz CT molecular complexity index is 1280. The number of hydrogen-bond donors (Lipinski definition) is 2. The Labute approximate surface area is 213 Å². The first-order valence-electron chi connectivity index (χ1n) is 12.6. The molecule has 2 aliphatic rings. The van der Waals surface area contributed by atoms with E-state index in [9.17, 15) is 13.2 Å². The Balaban J connectivity index is 1.36. The topological polar surface area (TPSA) is 107 Å². The van der Waals surface area contributed by atoms with Gasteiger partial charge < -0.3 is 10.4 Å². The molecule has 1 fully saturated rings. The predicted octanol–water partition coefficient (Wildman–Crippen LogP) is 4.81. The lowest BCUT2D eigenvalue weighted by Crippen LogP contribution is -2.43. The van der Waals surface area contributed by atoms with Gasteiger partial charge in [-0.05, 0) is 49.3 Å². The number of hydrogen-bond acceptors (Lipinski definition) is 5. The minimum absolute atomic E-state index is 0.143. The third kappa shape index (κ3) is 5.65. The molecule has 0 bridgehead atoms. The molecule has 2 heterocycles. The van der Waals surface area contributed by atoms with Crippen LogP contribution in [-0.2, 0) is 21.2 Å². The summed E-state index contributed by atoms with van der Waals surface area (Å²) in [5.74, 6) is 0.709. The van der Waals surface area contributed by atoms with Crippen LogP contribution in [-0.4, -0.2) is 52.5 Å². The highest BCUT2D eigenvalue weighted by atomic mass is 32.2. The van der Waals surface area contributed by atoms with Crippen molar-refractivity contribution in [3.05, 3.63) is 78.4 Å². The van der Waals surface area contributed by atoms with Gasteiger partial charge in [0.25, 0.3) is 0 Å². The SMILES string of the molecule is C=CC(CCCC)S(=O)(=O)N1CCC(Cc2cnc(C3=CC(=O)C(c4ccccc4)=CC3=N)[nH]2)CC1. The number of piperidine rings is 1. The van der Waals surface area contributed by atoms with E-state index in [2.05, 4.69) is 23.5 Å². The summed E-state index contributed by atoms with van der Waals surface area (Å²) in [5.41, 5.74) is 2.95. The fourth-order valence-corrected chi connectivity index (χ4v) is 6.69. The van der Waals surface area contributed by atoms with Gasteiger partial charge in [0.15, 0.2) is 5.78 Å². The Morgan fingerprint density at radius 3 is 2.58 bits per heavy atom. The van der Waals surface area contributed by atoms with Crippen molar-refractivity contribution >= 4 is 32.7 Å². The molecule has 0 amide bonds. The summed E-state index contributed by atoms with van der Waals surface area (Å²) in [5, 5.41) is 7.95. The van der Waals surface area contributed by atoms with E-state index in [1.54, 1.807) is 22.7 Å². The number of aromatic amines is 1. The number of carbonyl (C=O) groups excluding carboxylic acids is 1. The number of nitrogens with zero attached hydrogens (tertiary/aromatic N) is 2. The van der Waals surface area contributed by atoms with Crippen LogP contribution in [0, 0.1) is 11.3 Å². The molecule has 1 aliphatic heterocycles. The van der Waals surface area contributed by atoms with Crippen LogP contribution >= 0.6 is 0 Å². The average Bonchev–Trinajstić information content (AvgIpc) is 3.34. The van der Waals surface area contributed by atoms with Crippen LogP contribution in [0.4, 0.5) is 0 Å². The van der Waals surface area contributed by atoms with E-state index in [4.69, 9.17) is 5.41 Å². The van der Waals surface area contributed by atoms with Crippen molar-refractivity contribution in [2.45, 2.75) is 50.7 Å². The fraction of sp³-hybridized carbons (Fsp3) is 0.393. The van der Waals surface area contributed by atoms with Crippen LogP contribution in [0.5, 0.6) is 0 Å². The van der Waals surface area contributed by atoms with Gasteiger partial charge >= 0.3 is 0 Å². The molecule has 7 nitrogen and oxygen atoms in total. The number of aromatic nitrogens is 2. The van der Waals surface area contributed by atoms with Gasteiger partial charge in [0.2, 0.25) is 10.0 Å². The lowest BCUT2D eigenvalue weighted by atomic mass is 9.91. The largest absolute Gasteiger partial charge is 0.342 e. The molecule has 1 atom stereocenters. The van der Waals surface area contributed by atoms with Crippen molar-refractivity contribution in [3.8, 4) is 0 Å². The van der Waals surface area contributed by atoms with Gasteiger partial charge in [-0.15, -0.1) is 6.58 Å². The highest BCUT2D eigenvalue weighted by molar-refractivity contribution is 7.89. The maximum atomic E-state index is 13.0. The van der Waals surface area contributed by atoms with E-state index in [1.165, 1.54) is 6.08 Å². The van der Waals surface area contributed by atoms with E-state index in [1.807, 2.05) is 30.3 Å². The molecule has 36 heavy (non-hydrogen) atoms. The molecule has 1 unspecified atom stereocenters. The Kier molecular flexibility index (Phi) is 8.16. The van der Waals surface area contributed by atoms with Gasteiger partial charge in [-0.2, -0.15) is 0 Å². The van der Waals surface area contributed by atoms with Crippen molar-refractivity contribution in [2.75, 3.05) is 13.1 Å². The summed E-state index contributed by atoms with van der Waals surface area (Å²) in [6.45, 7) is 6.85. The van der Waals surface area contributed by atoms with Crippen LogP contribution < -0.4 is 0 Å². The molecule has 2 aromatic rings. The molecule has 1 aromatic carbocycles. The number of benzene rings is 1. The standard InChI is InChI=1S/C28H34N4O3S/c1-3-5-11-23(4-2)36(34,35)32-14-12-20(13-15-32)16-22-19-30-28(31-22)25-18-27(33)24(17-26(25)29)21-9-7-6-8-10-21/h4,6-10,17-20,23,29H,2-3,5,11-16H2,1H3,(H,30,31). The lowest BCUT2D eigenvalue weighted by molar-refractivity contribution is -0.109. The third-order valence-corrected chi connectivity index (χ3v) is 9.30. The van der Waals surface area contributed by atoms with E-state index in [-0.39, 0.29) is 11.5 Å². The first-order valence-corrected chi connectivity index (χ1v) is 14.1. The van der Waals surface area contributed by atoms with Gasteiger partial charge in [-0.1, -0.05) is 56.2 Å².